The number of carbonyl (C=O) groups is 2. The maximum atomic E-state index is 12.1. The summed E-state index contributed by atoms with van der Waals surface area (Å²) in [5, 5.41) is 6.26. The van der Waals surface area contributed by atoms with Gasteiger partial charge in [0.05, 0.1) is 0 Å². The van der Waals surface area contributed by atoms with Gasteiger partial charge >= 0.3 is 0 Å². The van der Waals surface area contributed by atoms with Gasteiger partial charge in [-0.2, -0.15) is 0 Å². The summed E-state index contributed by atoms with van der Waals surface area (Å²) in [6, 6.07) is 0. The molecule has 0 aromatic rings. The first-order valence-electron chi connectivity index (χ1n) is 15.7. The van der Waals surface area contributed by atoms with Gasteiger partial charge in [0.15, 0.2) is 0 Å². The zero-order chi connectivity index (χ0) is 25.3. The van der Waals surface area contributed by atoms with E-state index < -0.39 is 0 Å². The van der Waals surface area contributed by atoms with Gasteiger partial charge in [0.1, 0.15) is 0 Å². The maximum Gasteiger partial charge on any atom is 0.219 e. The number of carbonyl (C=O) groups excluding carboxylic acids is 2. The lowest BCUT2D eigenvalue weighted by Crippen LogP contribution is -2.47. The average Bonchev–Trinajstić information content (AvgIpc) is 2.91. The molecule has 0 bridgehead atoms. The van der Waals surface area contributed by atoms with Crippen LogP contribution in [0.5, 0.6) is 0 Å². The van der Waals surface area contributed by atoms with E-state index in [2.05, 4.69) is 20.4 Å². The molecule has 2 amide bonds. The van der Waals surface area contributed by atoms with Gasteiger partial charge in [-0.25, -0.2) is 0 Å². The van der Waals surface area contributed by atoms with Crippen molar-refractivity contribution in [2.75, 3.05) is 52.4 Å². The second-order valence-electron chi connectivity index (χ2n) is 11.9. The van der Waals surface area contributed by atoms with E-state index in [1.807, 2.05) is 0 Å². The van der Waals surface area contributed by atoms with Crippen molar-refractivity contribution < 1.29 is 9.59 Å². The second-order valence-corrected chi connectivity index (χ2v) is 11.9. The molecule has 1 aliphatic heterocycles. The number of piperazine rings is 1. The summed E-state index contributed by atoms with van der Waals surface area (Å²) < 4.78 is 0. The van der Waals surface area contributed by atoms with E-state index >= 15 is 0 Å². The van der Waals surface area contributed by atoms with Crippen LogP contribution in [-0.2, 0) is 9.59 Å². The normalized spacial score (nSPS) is 20.9. The molecular formula is C30H56N4O2. The zero-order valence-corrected chi connectivity index (χ0v) is 23.3. The molecule has 0 radical (unpaired) electrons. The topological polar surface area (TPSA) is 64.7 Å². The first-order valence-corrected chi connectivity index (χ1v) is 15.7. The third kappa shape index (κ3) is 12.9. The largest absolute Gasteiger partial charge is 0.356 e. The SMILES string of the molecule is O=C(CCCC1CCCCC1)NCCCN1CCN(CCCNC(=O)CCCC2CCCCC2)CC1. The molecule has 0 spiro atoms. The highest BCUT2D eigenvalue weighted by molar-refractivity contribution is 5.76. The van der Waals surface area contributed by atoms with Crippen molar-refractivity contribution >= 4 is 11.8 Å². The fourth-order valence-corrected chi connectivity index (χ4v) is 6.53. The van der Waals surface area contributed by atoms with Crippen LogP contribution in [0.15, 0.2) is 0 Å². The minimum absolute atomic E-state index is 0.243. The van der Waals surface area contributed by atoms with Gasteiger partial charge in [-0.15, -0.1) is 0 Å². The Hall–Kier alpha value is -1.14. The Morgan fingerprint density at radius 3 is 1.33 bits per heavy atom. The first kappa shape index (κ1) is 29.4. The Balaban J connectivity index is 1.09. The van der Waals surface area contributed by atoms with Crippen LogP contribution < -0.4 is 10.6 Å². The molecule has 2 N–H and O–H groups in total. The van der Waals surface area contributed by atoms with Gasteiger partial charge in [-0.3, -0.25) is 9.59 Å². The molecule has 3 fully saturated rings. The van der Waals surface area contributed by atoms with Crippen molar-refractivity contribution in [2.45, 2.75) is 116 Å². The molecule has 3 rings (SSSR count). The minimum atomic E-state index is 0.243. The smallest absolute Gasteiger partial charge is 0.219 e. The molecule has 0 unspecified atom stereocenters. The predicted molar refractivity (Wildman–Crippen MR) is 149 cm³/mol. The molecule has 1 heterocycles. The van der Waals surface area contributed by atoms with Crippen LogP contribution >= 0.6 is 0 Å². The molecule has 0 aromatic heterocycles. The Bertz CT molecular complexity index is 542. The Kier molecular flexibility index (Phi) is 14.8. The van der Waals surface area contributed by atoms with Gasteiger partial charge < -0.3 is 20.4 Å². The lowest BCUT2D eigenvalue weighted by atomic mass is 9.86. The van der Waals surface area contributed by atoms with Crippen LogP contribution in [0.4, 0.5) is 0 Å². The molecule has 36 heavy (non-hydrogen) atoms. The summed E-state index contributed by atoms with van der Waals surface area (Å²) in [6.07, 6.45) is 22.0. The molecule has 0 atom stereocenters. The van der Waals surface area contributed by atoms with E-state index in [4.69, 9.17) is 0 Å². The van der Waals surface area contributed by atoms with E-state index in [0.29, 0.717) is 12.8 Å². The van der Waals surface area contributed by atoms with Gasteiger partial charge in [0, 0.05) is 52.1 Å². The van der Waals surface area contributed by atoms with Crippen molar-refractivity contribution in [3.8, 4) is 0 Å². The highest BCUT2D eigenvalue weighted by Gasteiger charge is 2.17. The summed E-state index contributed by atoms with van der Waals surface area (Å²) in [7, 11) is 0. The lowest BCUT2D eigenvalue weighted by Gasteiger charge is -2.34. The monoisotopic (exact) mass is 504 g/mol. The van der Waals surface area contributed by atoms with Crippen LogP contribution in [0.1, 0.15) is 116 Å². The van der Waals surface area contributed by atoms with Crippen LogP contribution in [-0.4, -0.2) is 74.0 Å². The number of rotatable bonds is 16. The van der Waals surface area contributed by atoms with E-state index in [-0.39, 0.29) is 11.8 Å². The minimum Gasteiger partial charge on any atom is -0.356 e. The van der Waals surface area contributed by atoms with Crippen molar-refractivity contribution in [1.82, 2.24) is 20.4 Å². The predicted octanol–water partition coefficient (Wildman–Crippen LogP) is 5.12. The molecule has 0 aromatic carbocycles. The second kappa shape index (κ2) is 18.2. The highest BCUT2D eigenvalue weighted by atomic mass is 16.2. The van der Waals surface area contributed by atoms with Crippen LogP contribution in [0, 0.1) is 11.8 Å². The van der Waals surface area contributed by atoms with Crippen molar-refractivity contribution in [3.63, 3.8) is 0 Å². The Morgan fingerprint density at radius 2 is 0.944 bits per heavy atom. The summed E-state index contributed by atoms with van der Waals surface area (Å²) in [5.74, 6) is 2.24. The summed E-state index contributed by atoms with van der Waals surface area (Å²) in [5.41, 5.74) is 0. The molecule has 2 saturated carbocycles. The summed E-state index contributed by atoms with van der Waals surface area (Å²) >= 11 is 0. The van der Waals surface area contributed by atoms with Crippen LogP contribution in [0.2, 0.25) is 0 Å². The van der Waals surface area contributed by atoms with Crippen LogP contribution in [0.3, 0.4) is 0 Å². The number of nitrogens with zero attached hydrogens (tertiary/aromatic N) is 2. The molecule has 6 heteroatoms. The van der Waals surface area contributed by atoms with Gasteiger partial charge in [-0.1, -0.05) is 64.2 Å². The zero-order valence-electron chi connectivity index (χ0n) is 23.3. The lowest BCUT2D eigenvalue weighted by molar-refractivity contribution is -0.122. The summed E-state index contributed by atoms with van der Waals surface area (Å²) in [6.45, 7) is 8.23. The number of hydrogen-bond acceptors (Lipinski definition) is 4. The van der Waals surface area contributed by atoms with Gasteiger partial charge in [0.25, 0.3) is 0 Å². The quantitative estimate of drug-likeness (QED) is 0.287. The van der Waals surface area contributed by atoms with Crippen molar-refractivity contribution in [2.24, 2.45) is 11.8 Å². The molecule has 208 valence electrons. The fourth-order valence-electron chi connectivity index (χ4n) is 6.53. The molecule has 1 saturated heterocycles. The number of nitrogens with one attached hydrogen (secondary N) is 2. The van der Waals surface area contributed by atoms with Crippen molar-refractivity contribution in [3.05, 3.63) is 0 Å². The van der Waals surface area contributed by atoms with Crippen LogP contribution in [0.25, 0.3) is 0 Å². The maximum absolute atomic E-state index is 12.1. The van der Waals surface area contributed by atoms with E-state index in [1.165, 1.54) is 77.0 Å². The fraction of sp³-hybridized carbons (Fsp3) is 0.933. The van der Waals surface area contributed by atoms with Gasteiger partial charge in [0.2, 0.25) is 11.8 Å². The average molecular weight is 505 g/mol. The standard InChI is InChI=1S/C30H56N4O2/c35-29(17-7-15-27-11-3-1-4-12-27)31-19-9-21-33-23-25-34(26-24-33)22-10-20-32-30(36)18-8-16-28-13-5-2-6-14-28/h27-28H,1-26H2,(H,31,35)(H,32,36). The molecular weight excluding hydrogens is 448 g/mol. The summed E-state index contributed by atoms with van der Waals surface area (Å²) in [4.78, 5) is 29.3. The molecule has 2 aliphatic carbocycles. The van der Waals surface area contributed by atoms with Gasteiger partial charge in [-0.05, 0) is 63.5 Å². The van der Waals surface area contributed by atoms with Crippen molar-refractivity contribution in [1.29, 1.82) is 0 Å². The third-order valence-electron chi connectivity index (χ3n) is 8.89. The first-order chi connectivity index (χ1) is 17.7. The third-order valence-corrected chi connectivity index (χ3v) is 8.89. The number of amides is 2. The Morgan fingerprint density at radius 1 is 0.556 bits per heavy atom. The number of hydrogen-bond donors (Lipinski definition) is 2. The highest BCUT2D eigenvalue weighted by Crippen LogP contribution is 2.28. The Labute approximate surface area is 221 Å². The van der Waals surface area contributed by atoms with E-state index in [1.54, 1.807) is 0 Å². The van der Waals surface area contributed by atoms with E-state index in [9.17, 15) is 9.59 Å². The molecule has 3 aliphatic rings. The molecule has 6 nitrogen and oxygen atoms in total. The van der Waals surface area contributed by atoms with E-state index in [0.717, 1.165) is 89.9 Å².